The first kappa shape index (κ1) is 26.1. The van der Waals surface area contributed by atoms with Crippen molar-refractivity contribution < 1.29 is 23.1 Å². The lowest BCUT2D eigenvalue weighted by Crippen LogP contribution is -2.46. The Hall–Kier alpha value is -1.20. The molecule has 0 radical (unpaired) electrons. The molecule has 6 nitrogen and oxygen atoms in total. The van der Waals surface area contributed by atoms with Crippen molar-refractivity contribution in [3.05, 3.63) is 27.6 Å². The second kappa shape index (κ2) is 9.34. The third-order valence-corrected chi connectivity index (χ3v) is 10.9. The predicted octanol–water partition coefficient (Wildman–Crippen LogP) is 5.77. The van der Waals surface area contributed by atoms with Crippen molar-refractivity contribution in [1.82, 2.24) is 4.90 Å². The number of nitrogens with one attached hydrogen (secondary N) is 1. The third-order valence-electron chi connectivity index (χ3n) is 5.65. The fourth-order valence-electron chi connectivity index (χ4n) is 3.05. The maximum absolute atomic E-state index is 14.3. The average Bonchev–Trinajstić information content (AvgIpc) is 2.98. The van der Waals surface area contributed by atoms with Crippen molar-refractivity contribution in [3.63, 3.8) is 0 Å². The highest BCUT2D eigenvalue weighted by atomic mass is 127. The molecule has 0 aromatic heterocycles. The van der Waals surface area contributed by atoms with Crippen LogP contribution < -0.4 is 5.32 Å². The van der Waals surface area contributed by atoms with Gasteiger partial charge in [-0.25, -0.2) is 9.18 Å². The number of hydrogen-bond acceptors (Lipinski definition) is 4. The van der Waals surface area contributed by atoms with Crippen LogP contribution in [0.4, 0.5) is 14.9 Å². The third kappa shape index (κ3) is 6.89. The van der Waals surface area contributed by atoms with Crippen LogP contribution in [0, 0.1) is 9.39 Å². The van der Waals surface area contributed by atoms with Gasteiger partial charge in [-0.05, 0) is 79.7 Å². The van der Waals surface area contributed by atoms with Crippen molar-refractivity contribution in [1.29, 1.82) is 0 Å². The van der Waals surface area contributed by atoms with E-state index in [-0.39, 0.29) is 23.4 Å². The van der Waals surface area contributed by atoms with Crippen LogP contribution in [0.25, 0.3) is 0 Å². The Bertz CT molecular complexity index is 836. The summed E-state index contributed by atoms with van der Waals surface area (Å²) in [6.07, 6.45) is -0.522. The van der Waals surface area contributed by atoms with Crippen molar-refractivity contribution in [2.24, 2.45) is 0 Å². The number of carbonyl (C=O) groups is 2. The lowest BCUT2D eigenvalue weighted by molar-refractivity contribution is -0.120. The van der Waals surface area contributed by atoms with Gasteiger partial charge >= 0.3 is 6.09 Å². The second-order valence-corrected chi connectivity index (χ2v) is 16.5. The fourth-order valence-corrected chi connectivity index (χ4v) is 4.86. The van der Waals surface area contributed by atoms with E-state index in [4.69, 9.17) is 9.16 Å². The molecule has 174 valence electrons. The van der Waals surface area contributed by atoms with E-state index in [2.05, 4.69) is 39.2 Å². The molecule has 0 bridgehead atoms. The maximum Gasteiger partial charge on any atom is 0.411 e. The Morgan fingerprint density at radius 2 is 1.81 bits per heavy atom. The van der Waals surface area contributed by atoms with E-state index >= 15 is 0 Å². The molecule has 2 unspecified atom stereocenters. The first-order valence-corrected chi connectivity index (χ1v) is 14.4. The van der Waals surface area contributed by atoms with Gasteiger partial charge in [-0.2, -0.15) is 0 Å². The standard InChI is InChI=1S/C22H34FIN2O4Si/c1-21(2,3)29-20(28)26-13-15(30-31(7,8)22(4,5)6)12-18(26)19(27)25-17-10-9-14(24)11-16(17)23/h9-11,15,18H,12-13H2,1-8H3,(H,25,27). The summed E-state index contributed by atoms with van der Waals surface area (Å²) in [6.45, 7) is 16.3. The molecule has 0 saturated carbocycles. The Morgan fingerprint density at radius 3 is 2.32 bits per heavy atom. The predicted molar refractivity (Wildman–Crippen MR) is 131 cm³/mol. The molecule has 2 rings (SSSR count). The quantitative estimate of drug-likeness (QED) is 0.373. The van der Waals surface area contributed by atoms with Crippen LogP contribution in [0.5, 0.6) is 0 Å². The number of rotatable bonds is 4. The Morgan fingerprint density at radius 1 is 1.19 bits per heavy atom. The van der Waals surface area contributed by atoms with Crippen LogP contribution >= 0.6 is 22.6 Å². The zero-order valence-corrected chi connectivity index (χ0v) is 22.8. The summed E-state index contributed by atoms with van der Waals surface area (Å²) in [5.74, 6) is -0.969. The summed E-state index contributed by atoms with van der Waals surface area (Å²) < 4.78 is 27.0. The Kier molecular flexibility index (Phi) is 7.85. The molecule has 0 spiro atoms. The molecule has 1 aliphatic rings. The zero-order valence-electron chi connectivity index (χ0n) is 19.6. The topological polar surface area (TPSA) is 67.9 Å². The number of benzene rings is 1. The number of halogens is 2. The van der Waals surface area contributed by atoms with E-state index in [0.717, 1.165) is 3.57 Å². The minimum Gasteiger partial charge on any atom is -0.444 e. The Balaban J connectivity index is 2.25. The molecule has 0 aliphatic carbocycles. The zero-order chi connectivity index (χ0) is 23.8. The van der Waals surface area contributed by atoms with Crippen molar-refractivity contribution in [3.8, 4) is 0 Å². The highest BCUT2D eigenvalue weighted by molar-refractivity contribution is 14.1. The van der Waals surface area contributed by atoms with E-state index in [0.29, 0.717) is 6.42 Å². The van der Waals surface area contributed by atoms with Gasteiger partial charge in [-0.3, -0.25) is 9.69 Å². The smallest absolute Gasteiger partial charge is 0.411 e. The molecule has 9 heteroatoms. The number of ether oxygens (including phenoxy) is 1. The SMILES string of the molecule is CC(C)(C)OC(=O)N1CC(O[Si](C)(C)C(C)(C)C)CC1C(=O)Nc1ccc(I)cc1F. The van der Waals surface area contributed by atoms with Gasteiger partial charge in [0.15, 0.2) is 8.32 Å². The molecule has 2 amide bonds. The van der Waals surface area contributed by atoms with Crippen LogP contribution in [0.15, 0.2) is 18.2 Å². The fraction of sp³-hybridized carbons (Fsp3) is 0.636. The molecule has 31 heavy (non-hydrogen) atoms. The van der Waals surface area contributed by atoms with E-state index < -0.39 is 37.8 Å². The first-order valence-electron chi connectivity index (χ1n) is 10.4. The van der Waals surface area contributed by atoms with E-state index in [1.54, 1.807) is 26.8 Å². The molecule has 1 heterocycles. The van der Waals surface area contributed by atoms with Crippen molar-refractivity contribution in [2.75, 3.05) is 11.9 Å². The van der Waals surface area contributed by atoms with E-state index in [9.17, 15) is 14.0 Å². The number of carbonyl (C=O) groups excluding carboxylic acids is 2. The van der Waals surface area contributed by atoms with E-state index in [1.165, 1.54) is 17.0 Å². The van der Waals surface area contributed by atoms with Crippen LogP contribution in [0.2, 0.25) is 18.1 Å². The number of anilines is 1. The second-order valence-electron chi connectivity index (χ2n) is 10.5. The number of likely N-dealkylation sites (tertiary alicyclic amines) is 1. The Labute approximate surface area is 199 Å². The molecule has 1 N–H and O–H groups in total. The highest BCUT2D eigenvalue weighted by Gasteiger charge is 2.46. The summed E-state index contributed by atoms with van der Waals surface area (Å²) in [7, 11) is -2.11. The molecule has 1 aliphatic heterocycles. The minimum absolute atomic E-state index is 0.00555. The van der Waals surface area contributed by atoms with Gasteiger partial charge in [0.05, 0.1) is 11.8 Å². The minimum atomic E-state index is -2.11. The summed E-state index contributed by atoms with van der Waals surface area (Å²) in [6, 6.07) is 3.77. The molecule has 1 saturated heterocycles. The summed E-state index contributed by atoms with van der Waals surface area (Å²) in [5.41, 5.74) is -0.609. The van der Waals surface area contributed by atoms with Gasteiger partial charge in [0.25, 0.3) is 0 Å². The lowest BCUT2D eigenvalue weighted by Gasteiger charge is -2.38. The van der Waals surface area contributed by atoms with Crippen LogP contribution in [-0.4, -0.2) is 49.5 Å². The van der Waals surface area contributed by atoms with Gasteiger partial charge in [0, 0.05) is 16.5 Å². The van der Waals surface area contributed by atoms with Crippen LogP contribution in [0.3, 0.4) is 0 Å². The average molecular weight is 565 g/mol. The van der Waals surface area contributed by atoms with E-state index in [1.807, 2.05) is 22.6 Å². The molecule has 1 aromatic carbocycles. The van der Waals surface area contributed by atoms with Gasteiger partial charge in [0.2, 0.25) is 5.91 Å². The monoisotopic (exact) mass is 564 g/mol. The number of hydrogen-bond donors (Lipinski definition) is 1. The van der Waals surface area contributed by atoms with Gasteiger partial charge in [-0.15, -0.1) is 0 Å². The first-order chi connectivity index (χ1) is 14.0. The molecular weight excluding hydrogens is 530 g/mol. The molecule has 1 fully saturated rings. The van der Waals surface area contributed by atoms with Gasteiger partial charge in [0.1, 0.15) is 17.5 Å². The highest BCUT2D eigenvalue weighted by Crippen LogP contribution is 2.39. The van der Waals surface area contributed by atoms with Crippen LogP contribution in [0.1, 0.15) is 48.0 Å². The summed E-state index contributed by atoms with van der Waals surface area (Å²) in [4.78, 5) is 27.3. The maximum atomic E-state index is 14.3. The number of amides is 2. The number of nitrogens with zero attached hydrogens (tertiary/aromatic N) is 1. The summed E-state index contributed by atoms with van der Waals surface area (Å²) in [5, 5.41) is 2.62. The van der Waals surface area contributed by atoms with Crippen molar-refractivity contribution >= 4 is 48.6 Å². The van der Waals surface area contributed by atoms with Gasteiger partial charge < -0.3 is 14.5 Å². The molecule has 1 aromatic rings. The lowest BCUT2D eigenvalue weighted by atomic mass is 10.1. The van der Waals surface area contributed by atoms with Gasteiger partial charge in [-0.1, -0.05) is 20.8 Å². The largest absolute Gasteiger partial charge is 0.444 e. The molecule has 2 atom stereocenters. The molecular formula is C22H34FIN2O4Si. The summed E-state index contributed by atoms with van der Waals surface area (Å²) >= 11 is 2.00. The van der Waals surface area contributed by atoms with Crippen LogP contribution in [-0.2, 0) is 14.0 Å². The normalized spacial score (nSPS) is 20.0. The van der Waals surface area contributed by atoms with Crippen molar-refractivity contribution in [2.45, 2.75) is 83.8 Å².